The number of hydrogen-bond donors (Lipinski definition) is 2. The lowest BCUT2D eigenvalue weighted by molar-refractivity contribution is 0.586. The number of aryl methyl sites for hydroxylation is 2. The van der Waals surface area contributed by atoms with Crippen LogP contribution in [0.2, 0.25) is 0 Å². The summed E-state index contributed by atoms with van der Waals surface area (Å²) >= 11 is 0. The second-order valence-corrected chi connectivity index (χ2v) is 5.81. The van der Waals surface area contributed by atoms with E-state index in [1.165, 1.54) is 17.7 Å². The minimum Gasteiger partial charge on any atom is -0.366 e. The quantitative estimate of drug-likeness (QED) is 0.705. The Labute approximate surface area is 145 Å². The highest BCUT2D eigenvalue weighted by Gasteiger charge is 2.07. The van der Waals surface area contributed by atoms with Gasteiger partial charge in [0.1, 0.15) is 17.5 Å². The zero-order valence-electron chi connectivity index (χ0n) is 14.0. The molecule has 0 bridgehead atoms. The van der Waals surface area contributed by atoms with Crippen molar-refractivity contribution in [3.8, 4) is 0 Å². The third-order valence-corrected chi connectivity index (χ3v) is 3.63. The number of aromatic nitrogens is 2. The van der Waals surface area contributed by atoms with E-state index in [1.54, 1.807) is 6.07 Å². The summed E-state index contributed by atoms with van der Waals surface area (Å²) in [5.74, 6) is -0.456. The van der Waals surface area contributed by atoms with Gasteiger partial charge >= 0.3 is 0 Å². The second-order valence-electron chi connectivity index (χ2n) is 5.81. The van der Waals surface area contributed by atoms with E-state index >= 15 is 0 Å². The number of halogens is 2. The summed E-state index contributed by atoms with van der Waals surface area (Å²) in [4.78, 5) is 8.57. The number of hydrogen-bond acceptors (Lipinski definition) is 4. The lowest BCUT2D eigenvalue weighted by Crippen LogP contribution is -2.06. The summed E-state index contributed by atoms with van der Waals surface area (Å²) < 4.78 is 26.8. The van der Waals surface area contributed by atoms with Gasteiger partial charge in [0, 0.05) is 24.4 Å². The Balaban J connectivity index is 1.74. The summed E-state index contributed by atoms with van der Waals surface area (Å²) in [7, 11) is 0. The summed E-state index contributed by atoms with van der Waals surface area (Å²) in [6.07, 6.45) is 0. The van der Waals surface area contributed by atoms with Gasteiger partial charge in [-0.05, 0) is 31.5 Å². The maximum absolute atomic E-state index is 13.8. The van der Waals surface area contributed by atoms with E-state index in [-0.39, 0.29) is 11.6 Å². The van der Waals surface area contributed by atoms with Gasteiger partial charge in [-0.25, -0.2) is 13.8 Å². The molecule has 25 heavy (non-hydrogen) atoms. The lowest BCUT2D eigenvalue weighted by Gasteiger charge is -2.11. The molecule has 2 N–H and O–H groups in total. The SMILES string of the molecule is Cc1ccc(CNc2cc(C)nc(Nc3ccc(F)cc3F)n2)cc1. The van der Waals surface area contributed by atoms with E-state index in [2.05, 4.69) is 20.6 Å². The molecule has 1 aromatic heterocycles. The van der Waals surface area contributed by atoms with Gasteiger partial charge in [0.25, 0.3) is 0 Å². The first kappa shape index (κ1) is 16.8. The first-order valence-corrected chi connectivity index (χ1v) is 7.87. The fourth-order valence-corrected chi connectivity index (χ4v) is 2.32. The molecule has 0 unspecified atom stereocenters. The van der Waals surface area contributed by atoms with Crippen LogP contribution in [0.15, 0.2) is 48.5 Å². The molecular formula is C19H18F2N4. The van der Waals surface area contributed by atoms with Crippen molar-refractivity contribution in [2.45, 2.75) is 20.4 Å². The molecule has 0 spiro atoms. The highest BCUT2D eigenvalue weighted by molar-refractivity contribution is 5.56. The van der Waals surface area contributed by atoms with Gasteiger partial charge in [0.05, 0.1) is 5.69 Å². The molecule has 6 heteroatoms. The predicted octanol–water partition coefficient (Wildman–Crippen LogP) is 4.73. The molecule has 0 saturated heterocycles. The molecule has 3 rings (SSSR count). The first-order valence-electron chi connectivity index (χ1n) is 7.87. The number of benzene rings is 2. The average molecular weight is 340 g/mol. The molecule has 128 valence electrons. The van der Waals surface area contributed by atoms with Crippen LogP contribution >= 0.6 is 0 Å². The number of nitrogens with zero attached hydrogens (tertiary/aromatic N) is 2. The zero-order valence-corrected chi connectivity index (χ0v) is 14.0. The molecule has 0 aliphatic carbocycles. The molecule has 0 saturated carbocycles. The Hall–Kier alpha value is -3.02. The third-order valence-electron chi connectivity index (χ3n) is 3.63. The average Bonchev–Trinajstić information content (AvgIpc) is 2.56. The summed E-state index contributed by atoms with van der Waals surface area (Å²) in [6.45, 7) is 4.48. The van der Waals surface area contributed by atoms with Crippen LogP contribution < -0.4 is 10.6 Å². The van der Waals surface area contributed by atoms with Gasteiger partial charge in [-0.15, -0.1) is 0 Å². The maximum Gasteiger partial charge on any atom is 0.229 e. The molecule has 2 aromatic carbocycles. The fraction of sp³-hybridized carbons (Fsp3) is 0.158. The van der Waals surface area contributed by atoms with Crippen molar-refractivity contribution in [3.05, 3.63) is 77.0 Å². The van der Waals surface area contributed by atoms with E-state index < -0.39 is 11.6 Å². The molecule has 0 fully saturated rings. The normalized spacial score (nSPS) is 10.6. The van der Waals surface area contributed by atoms with Crippen molar-refractivity contribution >= 4 is 17.5 Å². The highest BCUT2D eigenvalue weighted by atomic mass is 19.1. The van der Waals surface area contributed by atoms with Crippen molar-refractivity contribution < 1.29 is 8.78 Å². The monoisotopic (exact) mass is 340 g/mol. The van der Waals surface area contributed by atoms with Crippen molar-refractivity contribution in [2.24, 2.45) is 0 Å². The molecule has 0 atom stereocenters. The van der Waals surface area contributed by atoms with Crippen LogP contribution in [0.1, 0.15) is 16.8 Å². The third kappa shape index (κ3) is 4.50. The van der Waals surface area contributed by atoms with Crippen molar-refractivity contribution in [1.82, 2.24) is 9.97 Å². The van der Waals surface area contributed by atoms with Crippen molar-refractivity contribution in [2.75, 3.05) is 10.6 Å². The summed E-state index contributed by atoms with van der Waals surface area (Å²) in [5, 5.41) is 6.01. The Morgan fingerprint density at radius 2 is 1.68 bits per heavy atom. The highest BCUT2D eigenvalue weighted by Crippen LogP contribution is 2.20. The molecule has 4 nitrogen and oxygen atoms in total. The van der Waals surface area contributed by atoms with Crippen LogP contribution in [0.5, 0.6) is 0 Å². The van der Waals surface area contributed by atoms with Gasteiger partial charge < -0.3 is 10.6 Å². The standard InChI is InChI=1S/C19H18F2N4/c1-12-3-5-14(6-4-12)11-22-18-9-13(2)23-19(25-18)24-17-8-7-15(20)10-16(17)21/h3-10H,11H2,1-2H3,(H2,22,23,24,25). The van der Waals surface area contributed by atoms with Crippen LogP contribution in [-0.4, -0.2) is 9.97 Å². The van der Waals surface area contributed by atoms with Gasteiger partial charge in [0.2, 0.25) is 5.95 Å². The van der Waals surface area contributed by atoms with Crippen LogP contribution in [0.4, 0.5) is 26.2 Å². The summed E-state index contributed by atoms with van der Waals surface area (Å²) in [5.41, 5.74) is 3.18. The van der Waals surface area contributed by atoms with Crippen LogP contribution in [-0.2, 0) is 6.54 Å². The second kappa shape index (κ2) is 7.25. The Bertz CT molecular complexity index is 879. The smallest absolute Gasteiger partial charge is 0.229 e. The molecule has 0 aliphatic rings. The van der Waals surface area contributed by atoms with E-state index in [0.717, 1.165) is 17.3 Å². The van der Waals surface area contributed by atoms with E-state index in [1.807, 2.05) is 38.1 Å². The van der Waals surface area contributed by atoms with E-state index in [4.69, 9.17) is 0 Å². The largest absolute Gasteiger partial charge is 0.366 e. The summed E-state index contributed by atoms with van der Waals surface area (Å²) in [6, 6.07) is 13.3. The van der Waals surface area contributed by atoms with Crippen molar-refractivity contribution in [3.63, 3.8) is 0 Å². The molecule has 3 aromatic rings. The Kier molecular flexibility index (Phi) is 4.88. The number of nitrogens with one attached hydrogen (secondary N) is 2. The molecule has 0 amide bonds. The van der Waals surface area contributed by atoms with Crippen molar-refractivity contribution in [1.29, 1.82) is 0 Å². The van der Waals surface area contributed by atoms with Gasteiger partial charge in [-0.3, -0.25) is 0 Å². The lowest BCUT2D eigenvalue weighted by atomic mass is 10.1. The molecule has 0 radical (unpaired) electrons. The minimum atomic E-state index is -0.695. The molecule has 0 aliphatic heterocycles. The first-order chi connectivity index (χ1) is 12.0. The van der Waals surface area contributed by atoms with Crippen LogP contribution in [0.3, 0.4) is 0 Å². The van der Waals surface area contributed by atoms with Gasteiger partial charge in [0.15, 0.2) is 0 Å². The number of anilines is 3. The number of rotatable bonds is 5. The minimum absolute atomic E-state index is 0.122. The van der Waals surface area contributed by atoms with Crippen LogP contribution in [0, 0.1) is 25.5 Å². The van der Waals surface area contributed by atoms with Crippen LogP contribution in [0.25, 0.3) is 0 Å². The maximum atomic E-state index is 13.8. The van der Waals surface area contributed by atoms with Gasteiger partial charge in [-0.1, -0.05) is 29.8 Å². The van der Waals surface area contributed by atoms with E-state index in [9.17, 15) is 8.78 Å². The Morgan fingerprint density at radius 3 is 2.40 bits per heavy atom. The topological polar surface area (TPSA) is 49.8 Å². The van der Waals surface area contributed by atoms with Gasteiger partial charge in [-0.2, -0.15) is 4.98 Å². The zero-order chi connectivity index (χ0) is 17.8. The molecular weight excluding hydrogens is 322 g/mol. The van der Waals surface area contributed by atoms with E-state index in [0.29, 0.717) is 12.4 Å². The fourth-order valence-electron chi connectivity index (χ4n) is 2.32. The predicted molar refractivity (Wildman–Crippen MR) is 94.9 cm³/mol. The Morgan fingerprint density at radius 1 is 0.920 bits per heavy atom. The molecule has 1 heterocycles.